The van der Waals surface area contributed by atoms with Crippen molar-refractivity contribution in [3.63, 3.8) is 0 Å². The number of benzene rings is 1. The molecule has 2 rings (SSSR count). The first kappa shape index (κ1) is 12.5. The van der Waals surface area contributed by atoms with E-state index in [0.717, 1.165) is 10.9 Å². The number of aromatic nitrogens is 1. The summed E-state index contributed by atoms with van der Waals surface area (Å²) in [7, 11) is -2.89. The molecule has 0 atom stereocenters. The summed E-state index contributed by atoms with van der Waals surface area (Å²) in [4.78, 5) is 0. The topological polar surface area (TPSA) is 39.1 Å². The van der Waals surface area contributed by atoms with Crippen molar-refractivity contribution >= 4 is 32.3 Å². The first-order valence-electron chi connectivity index (χ1n) is 5.38. The van der Waals surface area contributed by atoms with Crippen molar-refractivity contribution in [1.29, 1.82) is 0 Å². The molecule has 17 heavy (non-hydrogen) atoms. The number of rotatable bonds is 4. The molecular weight excluding hydrogens is 258 g/mol. The molecule has 0 aliphatic rings. The van der Waals surface area contributed by atoms with Gasteiger partial charge in [0.1, 0.15) is 9.84 Å². The minimum Gasteiger partial charge on any atom is -0.346 e. The molecule has 0 N–H and O–H groups in total. The van der Waals surface area contributed by atoms with E-state index in [9.17, 15) is 8.42 Å². The summed E-state index contributed by atoms with van der Waals surface area (Å²) in [5, 5.41) is 1.78. The summed E-state index contributed by atoms with van der Waals surface area (Å²) in [5.74, 6) is 0.205. The maximum atomic E-state index is 11.1. The Bertz CT molecular complexity index is 631. The molecule has 1 aromatic carbocycles. The number of halogens is 1. The van der Waals surface area contributed by atoms with E-state index in [1.54, 1.807) is 0 Å². The molecule has 0 aliphatic heterocycles. The lowest BCUT2D eigenvalue weighted by molar-refractivity contribution is 0.593. The number of para-hydroxylation sites is 1. The van der Waals surface area contributed by atoms with Crippen LogP contribution in [0, 0.1) is 0 Å². The molecule has 1 heterocycles. The van der Waals surface area contributed by atoms with E-state index in [1.165, 1.54) is 6.26 Å². The predicted molar refractivity (Wildman–Crippen MR) is 71.3 cm³/mol. The normalized spacial score (nSPS) is 12.1. The number of hydrogen-bond acceptors (Lipinski definition) is 2. The SMILES string of the molecule is CS(=O)(=O)CCCn1ccc2cccc(Cl)c21. The molecule has 0 fully saturated rings. The van der Waals surface area contributed by atoms with E-state index >= 15 is 0 Å². The van der Waals surface area contributed by atoms with Gasteiger partial charge in [0.05, 0.1) is 16.3 Å². The van der Waals surface area contributed by atoms with E-state index in [1.807, 2.05) is 35.0 Å². The molecule has 1 aromatic heterocycles. The van der Waals surface area contributed by atoms with Gasteiger partial charge < -0.3 is 4.57 Å². The zero-order chi connectivity index (χ0) is 12.5. The summed E-state index contributed by atoms with van der Waals surface area (Å²) in [6, 6.07) is 7.73. The van der Waals surface area contributed by atoms with Gasteiger partial charge in [0.15, 0.2) is 0 Å². The van der Waals surface area contributed by atoms with Crippen molar-refractivity contribution in [1.82, 2.24) is 4.57 Å². The number of sulfone groups is 1. The van der Waals surface area contributed by atoms with Crippen LogP contribution in [-0.4, -0.2) is 25.0 Å². The van der Waals surface area contributed by atoms with Gasteiger partial charge in [-0.2, -0.15) is 0 Å². The maximum Gasteiger partial charge on any atom is 0.147 e. The fourth-order valence-electron chi connectivity index (χ4n) is 1.90. The summed E-state index contributed by atoms with van der Waals surface area (Å²) < 4.78 is 24.1. The minimum absolute atomic E-state index is 0.205. The molecule has 0 amide bonds. The highest BCUT2D eigenvalue weighted by Crippen LogP contribution is 2.24. The lowest BCUT2D eigenvalue weighted by Gasteiger charge is -2.06. The van der Waals surface area contributed by atoms with Gasteiger partial charge >= 0.3 is 0 Å². The first-order valence-corrected chi connectivity index (χ1v) is 7.82. The summed E-state index contributed by atoms with van der Waals surface area (Å²) in [5.41, 5.74) is 0.975. The van der Waals surface area contributed by atoms with Crippen LogP contribution in [-0.2, 0) is 16.4 Å². The first-order chi connectivity index (χ1) is 7.97. The lowest BCUT2D eigenvalue weighted by Crippen LogP contribution is -2.06. The number of nitrogens with zero attached hydrogens (tertiary/aromatic N) is 1. The third-order valence-electron chi connectivity index (χ3n) is 2.65. The average molecular weight is 272 g/mol. The molecule has 0 aliphatic carbocycles. The standard InChI is InChI=1S/C12H14ClNO2S/c1-17(15,16)9-3-7-14-8-6-10-4-2-5-11(13)12(10)14/h2,4-6,8H,3,7,9H2,1H3. The van der Waals surface area contributed by atoms with E-state index < -0.39 is 9.84 Å². The van der Waals surface area contributed by atoms with Gasteiger partial charge in [-0.05, 0) is 18.6 Å². The van der Waals surface area contributed by atoms with Gasteiger partial charge in [-0.25, -0.2) is 8.42 Å². The zero-order valence-electron chi connectivity index (χ0n) is 9.56. The zero-order valence-corrected chi connectivity index (χ0v) is 11.1. The Morgan fingerprint density at radius 3 is 2.76 bits per heavy atom. The van der Waals surface area contributed by atoms with Crippen molar-refractivity contribution < 1.29 is 8.42 Å². The Labute approximate surface area is 106 Å². The van der Waals surface area contributed by atoms with Crippen LogP contribution in [0.25, 0.3) is 10.9 Å². The van der Waals surface area contributed by atoms with Crippen molar-refractivity contribution in [3.05, 3.63) is 35.5 Å². The molecule has 0 radical (unpaired) electrons. The highest BCUT2D eigenvalue weighted by atomic mass is 35.5. The fraction of sp³-hybridized carbons (Fsp3) is 0.333. The van der Waals surface area contributed by atoms with Crippen LogP contribution in [0.4, 0.5) is 0 Å². The fourth-order valence-corrected chi connectivity index (χ4v) is 2.84. The average Bonchev–Trinajstić information content (AvgIpc) is 2.61. The van der Waals surface area contributed by atoms with Gasteiger partial charge in [-0.3, -0.25) is 0 Å². The maximum absolute atomic E-state index is 11.1. The molecule has 0 bridgehead atoms. The van der Waals surface area contributed by atoms with Crippen LogP contribution in [0.2, 0.25) is 5.02 Å². The van der Waals surface area contributed by atoms with Crippen molar-refractivity contribution in [3.8, 4) is 0 Å². The number of fused-ring (bicyclic) bond motifs is 1. The van der Waals surface area contributed by atoms with Gasteiger partial charge in [-0.1, -0.05) is 23.7 Å². The molecular formula is C12H14ClNO2S. The van der Waals surface area contributed by atoms with E-state index in [-0.39, 0.29) is 5.75 Å². The van der Waals surface area contributed by atoms with Gasteiger partial charge in [0.2, 0.25) is 0 Å². The van der Waals surface area contributed by atoms with Crippen LogP contribution in [0.1, 0.15) is 6.42 Å². The molecule has 0 unspecified atom stereocenters. The van der Waals surface area contributed by atoms with Crippen LogP contribution in [0.5, 0.6) is 0 Å². The Kier molecular flexibility index (Phi) is 3.45. The smallest absolute Gasteiger partial charge is 0.147 e. The quantitative estimate of drug-likeness (QED) is 0.858. The van der Waals surface area contributed by atoms with Gasteiger partial charge in [-0.15, -0.1) is 0 Å². The summed E-state index contributed by atoms with van der Waals surface area (Å²) >= 11 is 6.13. The molecule has 5 heteroatoms. The van der Waals surface area contributed by atoms with Gasteiger partial charge in [0.25, 0.3) is 0 Å². The largest absolute Gasteiger partial charge is 0.346 e. The van der Waals surface area contributed by atoms with Crippen molar-refractivity contribution in [2.24, 2.45) is 0 Å². The monoisotopic (exact) mass is 271 g/mol. The summed E-state index contributed by atoms with van der Waals surface area (Å²) in [6.45, 7) is 0.667. The number of aryl methyl sites for hydroxylation is 1. The lowest BCUT2D eigenvalue weighted by atomic mass is 10.2. The second-order valence-corrected chi connectivity index (χ2v) is 6.84. The molecule has 3 nitrogen and oxygen atoms in total. The molecule has 2 aromatic rings. The van der Waals surface area contributed by atoms with Crippen LogP contribution >= 0.6 is 11.6 Å². The third-order valence-corrected chi connectivity index (χ3v) is 3.99. The molecule has 0 spiro atoms. The van der Waals surface area contributed by atoms with Crippen LogP contribution in [0.3, 0.4) is 0 Å². The molecule has 0 saturated heterocycles. The van der Waals surface area contributed by atoms with E-state index in [0.29, 0.717) is 18.0 Å². The van der Waals surface area contributed by atoms with E-state index in [2.05, 4.69) is 0 Å². The Morgan fingerprint density at radius 1 is 1.29 bits per heavy atom. The minimum atomic E-state index is -2.89. The third kappa shape index (κ3) is 3.01. The second kappa shape index (κ2) is 4.70. The predicted octanol–water partition coefficient (Wildman–Crippen LogP) is 2.73. The highest BCUT2D eigenvalue weighted by Gasteiger charge is 2.06. The number of hydrogen-bond donors (Lipinski definition) is 0. The van der Waals surface area contributed by atoms with Crippen molar-refractivity contribution in [2.45, 2.75) is 13.0 Å². The second-order valence-electron chi connectivity index (χ2n) is 4.17. The van der Waals surface area contributed by atoms with Crippen molar-refractivity contribution in [2.75, 3.05) is 12.0 Å². The van der Waals surface area contributed by atoms with Crippen LogP contribution < -0.4 is 0 Å². The Morgan fingerprint density at radius 2 is 2.06 bits per heavy atom. The van der Waals surface area contributed by atoms with Gasteiger partial charge in [0, 0.05) is 24.4 Å². The Hall–Kier alpha value is -1.00. The molecule has 0 saturated carbocycles. The van der Waals surface area contributed by atoms with Crippen LogP contribution in [0.15, 0.2) is 30.5 Å². The molecule has 92 valence electrons. The van der Waals surface area contributed by atoms with E-state index in [4.69, 9.17) is 11.6 Å². The Balaban J connectivity index is 2.20. The summed E-state index contributed by atoms with van der Waals surface area (Å²) in [6.07, 6.45) is 3.81. The highest BCUT2D eigenvalue weighted by molar-refractivity contribution is 7.90.